The number of rotatable bonds is 6. The first-order valence-electron chi connectivity index (χ1n) is 5.33. The highest BCUT2D eigenvalue weighted by Crippen LogP contribution is 1.83. The van der Waals surface area contributed by atoms with E-state index in [1.165, 1.54) is 5.19 Å². The van der Waals surface area contributed by atoms with Crippen LogP contribution in [0.25, 0.3) is 0 Å². The molecule has 0 aliphatic heterocycles. The molecule has 0 aromatic heterocycles. The monoisotopic (exact) mass is 208 g/mol. The third kappa shape index (κ3) is 4.04. The smallest absolute Gasteiger partial charge is 0.125 e. The minimum absolute atomic E-state index is 0.265. The van der Waals surface area contributed by atoms with Crippen LogP contribution in [0, 0.1) is 0 Å². The average Bonchev–Trinajstić information content (AvgIpc) is 2.26. The summed E-state index contributed by atoms with van der Waals surface area (Å²) in [5, 5.41) is 1.49. The average molecular weight is 208 g/mol. The molecule has 0 aliphatic carbocycles. The second-order valence-corrected chi connectivity index (χ2v) is 5.04. The molecule has 0 saturated carbocycles. The minimum atomic E-state index is -0.265. The van der Waals surface area contributed by atoms with Gasteiger partial charge in [-0.3, -0.25) is 4.90 Å². The molecule has 1 aromatic rings. The third-order valence-electron chi connectivity index (χ3n) is 2.40. The second kappa shape index (κ2) is 6.76. The van der Waals surface area contributed by atoms with Crippen LogP contribution in [0.15, 0.2) is 30.3 Å². The van der Waals surface area contributed by atoms with E-state index in [0.717, 1.165) is 19.8 Å². The van der Waals surface area contributed by atoms with Gasteiger partial charge < -0.3 is 4.98 Å². The Hall–Kier alpha value is -0.643. The van der Waals surface area contributed by atoms with Crippen LogP contribution in [0.1, 0.15) is 13.8 Å². The Morgan fingerprint density at radius 1 is 1.14 bits per heavy atom. The summed E-state index contributed by atoms with van der Waals surface area (Å²) in [5.74, 6) is 0. The Kier molecular flexibility index (Phi) is 5.52. The van der Waals surface area contributed by atoms with Gasteiger partial charge in [0, 0.05) is 6.67 Å². The number of hydrogen-bond donors (Lipinski definition) is 1. The first kappa shape index (κ1) is 11.4. The number of nitrogens with zero attached hydrogens (tertiary/aromatic N) is 1. The summed E-state index contributed by atoms with van der Waals surface area (Å²) in [7, 11) is -0.265. The summed E-state index contributed by atoms with van der Waals surface area (Å²) in [6, 6.07) is 10.7. The maximum Gasteiger partial charge on any atom is 0.125 e. The van der Waals surface area contributed by atoms with Crippen LogP contribution in [0.2, 0.25) is 0 Å². The van der Waals surface area contributed by atoms with Gasteiger partial charge in [0.2, 0.25) is 0 Å². The topological polar surface area (TPSA) is 15.3 Å². The van der Waals surface area contributed by atoms with Crippen molar-refractivity contribution < 1.29 is 0 Å². The summed E-state index contributed by atoms with van der Waals surface area (Å²) in [5.41, 5.74) is 0. The molecular formula is C11H20N2Si. The zero-order valence-electron chi connectivity index (χ0n) is 9.16. The lowest BCUT2D eigenvalue weighted by atomic mass is 10.4. The summed E-state index contributed by atoms with van der Waals surface area (Å²) >= 11 is 0. The normalized spacial score (nSPS) is 11.6. The van der Waals surface area contributed by atoms with Crippen molar-refractivity contribution in [2.45, 2.75) is 13.8 Å². The van der Waals surface area contributed by atoms with Crippen LogP contribution in [0.3, 0.4) is 0 Å². The zero-order valence-corrected chi connectivity index (χ0v) is 10.6. The summed E-state index contributed by atoms with van der Waals surface area (Å²) in [6.45, 7) is 7.71. The molecule has 0 bridgehead atoms. The number of nitrogens with one attached hydrogen (secondary N) is 1. The number of benzene rings is 1. The Morgan fingerprint density at radius 2 is 1.79 bits per heavy atom. The fourth-order valence-corrected chi connectivity index (χ4v) is 2.63. The highest BCUT2D eigenvalue weighted by Gasteiger charge is 1.97. The molecule has 78 valence electrons. The Balaban J connectivity index is 2.21. The van der Waals surface area contributed by atoms with Crippen molar-refractivity contribution in [1.82, 2.24) is 9.88 Å². The van der Waals surface area contributed by atoms with Crippen LogP contribution in [0.5, 0.6) is 0 Å². The predicted octanol–water partition coefficient (Wildman–Crippen LogP) is 0.285. The van der Waals surface area contributed by atoms with E-state index in [-0.39, 0.29) is 9.68 Å². The van der Waals surface area contributed by atoms with Crippen molar-refractivity contribution in [2.24, 2.45) is 0 Å². The van der Waals surface area contributed by atoms with Gasteiger partial charge in [-0.05, 0) is 13.1 Å². The maximum absolute atomic E-state index is 3.57. The van der Waals surface area contributed by atoms with Gasteiger partial charge in [-0.25, -0.2) is 0 Å². The van der Waals surface area contributed by atoms with Crippen molar-refractivity contribution in [1.29, 1.82) is 0 Å². The molecule has 0 atom stereocenters. The lowest BCUT2D eigenvalue weighted by Crippen LogP contribution is -2.39. The minimum Gasteiger partial charge on any atom is -0.326 e. The molecule has 0 heterocycles. The molecule has 14 heavy (non-hydrogen) atoms. The first-order valence-corrected chi connectivity index (χ1v) is 6.75. The molecule has 1 rings (SSSR count). The molecule has 2 nitrogen and oxygen atoms in total. The molecule has 0 fully saturated rings. The van der Waals surface area contributed by atoms with Crippen molar-refractivity contribution in [3.8, 4) is 0 Å². The van der Waals surface area contributed by atoms with Crippen molar-refractivity contribution in [3.63, 3.8) is 0 Å². The van der Waals surface area contributed by atoms with E-state index < -0.39 is 0 Å². The molecule has 1 N–H and O–H groups in total. The molecule has 1 aromatic carbocycles. The van der Waals surface area contributed by atoms with Crippen LogP contribution in [-0.4, -0.2) is 34.3 Å². The molecule has 0 radical (unpaired) electrons. The second-order valence-electron chi connectivity index (χ2n) is 3.37. The van der Waals surface area contributed by atoms with Gasteiger partial charge in [0.25, 0.3) is 0 Å². The Bertz CT molecular complexity index is 234. The standard InChI is InChI=1S/C11H20N2Si/c1-3-13(4-2)10-12-14-11-8-6-5-7-9-11/h5-9,12H,3-4,10,14H2,1-2H3. The molecule has 0 amide bonds. The zero-order chi connectivity index (χ0) is 10.2. The Morgan fingerprint density at radius 3 is 2.36 bits per heavy atom. The summed E-state index contributed by atoms with van der Waals surface area (Å²) in [4.78, 5) is 5.97. The fourth-order valence-electron chi connectivity index (χ4n) is 1.40. The summed E-state index contributed by atoms with van der Waals surface area (Å²) in [6.07, 6.45) is 0. The predicted molar refractivity (Wildman–Crippen MR) is 65.5 cm³/mol. The molecule has 0 saturated heterocycles. The van der Waals surface area contributed by atoms with Gasteiger partial charge in [0.05, 0.1) is 0 Å². The van der Waals surface area contributed by atoms with E-state index in [0.29, 0.717) is 0 Å². The Labute approximate surface area is 89.2 Å². The van der Waals surface area contributed by atoms with Crippen LogP contribution in [0.4, 0.5) is 0 Å². The summed E-state index contributed by atoms with van der Waals surface area (Å²) < 4.78 is 0. The van der Waals surface area contributed by atoms with Crippen molar-refractivity contribution >= 4 is 14.9 Å². The lowest BCUT2D eigenvalue weighted by molar-refractivity contribution is 0.301. The quantitative estimate of drug-likeness (QED) is 0.534. The molecule has 0 unspecified atom stereocenters. The highest BCUT2D eigenvalue weighted by atomic mass is 28.2. The largest absolute Gasteiger partial charge is 0.326 e. The number of hydrogen-bond acceptors (Lipinski definition) is 2. The fraction of sp³-hybridized carbons (Fsp3) is 0.455. The van der Waals surface area contributed by atoms with Gasteiger partial charge in [-0.1, -0.05) is 49.4 Å². The van der Waals surface area contributed by atoms with Crippen LogP contribution >= 0.6 is 0 Å². The van der Waals surface area contributed by atoms with Gasteiger partial charge in [0.15, 0.2) is 0 Å². The van der Waals surface area contributed by atoms with Gasteiger partial charge in [-0.2, -0.15) is 0 Å². The van der Waals surface area contributed by atoms with Crippen LogP contribution in [-0.2, 0) is 0 Å². The van der Waals surface area contributed by atoms with E-state index in [4.69, 9.17) is 0 Å². The molecule has 0 aliphatic rings. The van der Waals surface area contributed by atoms with E-state index in [2.05, 4.69) is 54.1 Å². The van der Waals surface area contributed by atoms with Gasteiger partial charge in [-0.15, -0.1) is 0 Å². The molecule has 0 spiro atoms. The van der Waals surface area contributed by atoms with Crippen molar-refractivity contribution in [3.05, 3.63) is 30.3 Å². The lowest BCUT2D eigenvalue weighted by Gasteiger charge is -2.18. The van der Waals surface area contributed by atoms with E-state index in [1.807, 2.05) is 0 Å². The SMILES string of the molecule is CCN(CC)CN[SiH2]c1ccccc1. The van der Waals surface area contributed by atoms with Gasteiger partial charge >= 0.3 is 0 Å². The van der Waals surface area contributed by atoms with Crippen molar-refractivity contribution in [2.75, 3.05) is 19.8 Å². The molecule has 3 heteroatoms. The maximum atomic E-state index is 3.57. The molecular weight excluding hydrogens is 188 g/mol. The highest BCUT2D eigenvalue weighted by molar-refractivity contribution is 6.50. The van der Waals surface area contributed by atoms with E-state index >= 15 is 0 Å². The van der Waals surface area contributed by atoms with E-state index in [9.17, 15) is 0 Å². The van der Waals surface area contributed by atoms with Crippen LogP contribution < -0.4 is 10.2 Å². The first-order chi connectivity index (χ1) is 6.86. The third-order valence-corrected chi connectivity index (χ3v) is 3.76. The van der Waals surface area contributed by atoms with Gasteiger partial charge in [0.1, 0.15) is 9.68 Å². The van der Waals surface area contributed by atoms with E-state index in [1.54, 1.807) is 0 Å².